The molecule has 0 atom stereocenters. The number of rotatable bonds is 8. The number of aryl methyl sites for hydroxylation is 1. The van der Waals surface area contributed by atoms with Crippen molar-refractivity contribution in [1.29, 1.82) is 0 Å². The van der Waals surface area contributed by atoms with Gasteiger partial charge in [0.25, 0.3) is 0 Å². The third kappa shape index (κ3) is 7.71. The van der Waals surface area contributed by atoms with Crippen molar-refractivity contribution >= 4 is 126 Å². The first-order valence-electron chi connectivity index (χ1n) is 27.9. The Morgan fingerprint density at radius 2 is 0.675 bits per heavy atom. The van der Waals surface area contributed by atoms with E-state index < -0.39 is 0 Å². The first kappa shape index (κ1) is 45.9. The van der Waals surface area contributed by atoms with Gasteiger partial charge in [-0.05, 0) is 211 Å². The van der Waals surface area contributed by atoms with Crippen LogP contribution >= 0.6 is 0 Å². The summed E-state index contributed by atoms with van der Waals surface area (Å²) in [7, 11) is 0. The van der Waals surface area contributed by atoms with Crippen molar-refractivity contribution in [3.63, 3.8) is 0 Å². The highest BCUT2D eigenvalue weighted by molar-refractivity contribution is 6.25. The number of hydrogen-bond acceptors (Lipinski definition) is 2. The Bertz CT molecular complexity index is 4960. The first-order chi connectivity index (χ1) is 39.6. The molecule has 2 heteroatoms. The quantitative estimate of drug-likeness (QED) is 0.111. The van der Waals surface area contributed by atoms with Crippen molar-refractivity contribution in [3.8, 4) is 22.3 Å². The molecule has 0 aliphatic heterocycles. The Balaban J connectivity index is 1.02. The van der Waals surface area contributed by atoms with Crippen LogP contribution in [0.4, 0.5) is 34.1 Å². The SMILES string of the molecule is C1=Cc2ccc(N(c3ccc4ccccc4c3)c3ccc4c(-c5ccc6c(ccc7ccccc76)c5)c5cc(N(c6ccc7ccccc7c6)c6ccc7ccccc7c6)ccc5c(-c5cccc6ccccc56)c4c3)cc2CC1. The van der Waals surface area contributed by atoms with Crippen LogP contribution in [0.3, 0.4) is 0 Å². The lowest BCUT2D eigenvalue weighted by atomic mass is 9.83. The second kappa shape index (κ2) is 18.7. The van der Waals surface area contributed by atoms with E-state index in [4.69, 9.17) is 0 Å². The Morgan fingerprint density at radius 3 is 1.30 bits per heavy atom. The van der Waals surface area contributed by atoms with Crippen LogP contribution in [0.2, 0.25) is 0 Å². The van der Waals surface area contributed by atoms with Gasteiger partial charge in [-0.1, -0.05) is 212 Å². The van der Waals surface area contributed by atoms with Crippen LogP contribution < -0.4 is 9.80 Å². The standard InChI is InChI=1S/C78H52N2/c1-5-20-57-45-63(35-30-51(57)14-1)79(64-36-31-52-15-2-6-21-58(52)46-64)67-40-43-74-75(49-67)77(62-34-41-71-61(44-62)29-28-56-19-10-11-25-69(56)71)73-42-39-68(50-76(73)78(74)72-27-13-24-55-18-9-12-26-70(55)72)80(65-37-32-53-16-3-7-22-59(53)47-65)66-38-33-54-17-4-8-23-60(54)48-66/h1-7,9-22,24-50H,8,23H2. The smallest absolute Gasteiger partial charge is 0.0468 e. The molecule has 15 aromatic rings. The van der Waals surface area contributed by atoms with Gasteiger partial charge in [-0.2, -0.15) is 0 Å². The third-order valence-corrected chi connectivity index (χ3v) is 16.9. The molecule has 1 aliphatic carbocycles. The van der Waals surface area contributed by atoms with E-state index in [2.05, 4.69) is 301 Å². The number of benzene rings is 15. The summed E-state index contributed by atoms with van der Waals surface area (Å²) in [5, 5.41) is 19.4. The maximum Gasteiger partial charge on any atom is 0.0468 e. The molecule has 16 rings (SSSR count). The van der Waals surface area contributed by atoms with E-state index in [1.165, 1.54) is 120 Å². The molecule has 0 N–H and O–H groups in total. The number of allylic oxidation sites excluding steroid dienone is 1. The summed E-state index contributed by atoms with van der Waals surface area (Å²) in [5.74, 6) is 0. The molecule has 0 saturated carbocycles. The van der Waals surface area contributed by atoms with Crippen LogP contribution in [0.25, 0.3) is 115 Å². The predicted molar refractivity (Wildman–Crippen MR) is 344 cm³/mol. The molecule has 0 amide bonds. The zero-order chi connectivity index (χ0) is 52.7. The second-order valence-electron chi connectivity index (χ2n) is 21.5. The molecule has 2 nitrogen and oxygen atoms in total. The number of fused-ring (bicyclic) bond motifs is 10. The van der Waals surface area contributed by atoms with Crippen molar-refractivity contribution in [3.05, 3.63) is 296 Å². The van der Waals surface area contributed by atoms with Crippen molar-refractivity contribution < 1.29 is 0 Å². The fraction of sp³-hybridized carbons (Fsp3) is 0.0256. The van der Waals surface area contributed by atoms with Crippen LogP contribution in [-0.2, 0) is 6.42 Å². The normalized spacial score (nSPS) is 12.3. The molecule has 374 valence electrons. The highest BCUT2D eigenvalue weighted by Gasteiger charge is 2.24. The molecular formula is C78H52N2. The fourth-order valence-electron chi connectivity index (χ4n) is 13.1. The molecule has 15 aromatic carbocycles. The van der Waals surface area contributed by atoms with Gasteiger partial charge in [-0.15, -0.1) is 0 Å². The number of nitrogens with zero attached hydrogens (tertiary/aromatic N) is 2. The number of anilines is 6. The molecule has 80 heavy (non-hydrogen) atoms. The first-order valence-corrected chi connectivity index (χ1v) is 27.9. The Labute approximate surface area is 465 Å². The van der Waals surface area contributed by atoms with Gasteiger partial charge < -0.3 is 9.80 Å². The van der Waals surface area contributed by atoms with Gasteiger partial charge in [0, 0.05) is 34.1 Å². The average Bonchev–Trinajstić information content (AvgIpc) is 3.62. The lowest BCUT2D eigenvalue weighted by Gasteiger charge is -2.29. The van der Waals surface area contributed by atoms with E-state index in [9.17, 15) is 0 Å². The minimum atomic E-state index is 1.02. The van der Waals surface area contributed by atoms with E-state index in [1.54, 1.807) is 0 Å². The summed E-state index contributed by atoms with van der Waals surface area (Å²) < 4.78 is 0. The summed E-state index contributed by atoms with van der Waals surface area (Å²) in [6.07, 6.45) is 6.65. The van der Waals surface area contributed by atoms with E-state index in [-0.39, 0.29) is 0 Å². The second-order valence-corrected chi connectivity index (χ2v) is 21.5. The molecular weight excluding hydrogens is 965 g/mol. The molecule has 0 saturated heterocycles. The highest BCUT2D eigenvalue weighted by atomic mass is 15.1. The van der Waals surface area contributed by atoms with Gasteiger partial charge in [0.1, 0.15) is 0 Å². The predicted octanol–water partition coefficient (Wildman–Crippen LogP) is 22.1. The molecule has 0 unspecified atom stereocenters. The third-order valence-electron chi connectivity index (χ3n) is 16.9. The average molecular weight is 1020 g/mol. The van der Waals surface area contributed by atoms with Crippen LogP contribution in [0, 0.1) is 0 Å². The summed E-state index contributed by atoms with van der Waals surface area (Å²) in [6, 6.07) is 105. The van der Waals surface area contributed by atoms with Gasteiger partial charge >= 0.3 is 0 Å². The summed E-state index contributed by atoms with van der Waals surface area (Å²) in [5.41, 5.74) is 14.1. The lowest BCUT2D eigenvalue weighted by Crippen LogP contribution is -2.11. The van der Waals surface area contributed by atoms with Gasteiger partial charge in [0.15, 0.2) is 0 Å². The Morgan fingerprint density at radius 1 is 0.250 bits per heavy atom. The van der Waals surface area contributed by atoms with Crippen molar-refractivity contribution in [2.75, 3.05) is 9.80 Å². The minimum absolute atomic E-state index is 1.02. The van der Waals surface area contributed by atoms with Crippen LogP contribution in [0.15, 0.2) is 285 Å². The maximum absolute atomic E-state index is 2.49. The van der Waals surface area contributed by atoms with Crippen molar-refractivity contribution in [2.45, 2.75) is 12.8 Å². The molecule has 0 fully saturated rings. The fourth-order valence-corrected chi connectivity index (χ4v) is 13.1. The number of hydrogen-bond donors (Lipinski definition) is 0. The lowest BCUT2D eigenvalue weighted by molar-refractivity contribution is 0.984. The van der Waals surface area contributed by atoms with Crippen molar-refractivity contribution in [2.24, 2.45) is 0 Å². The van der Waals surface area contributed by atoms with Crippen LogP contribution in [0.5, 0.6) is 0 Å². The van der Waals surface area contributed by atoms with E-state index in [1.807, 2.05) is 0 Å². The van der Waals surface area contributed by atoms with Crippen LogP contribution in [-0.4, -0.2) is 0 Å². The van der Waals surface area contributed by atoms with Crippen LogP contribution in [0.1, 0.15) is 17.5 Å². The molecule has 0 bridgehead atoms. The Hall–Kier alpha value is -10.3. The summed E-state index contributed by atoms with van der Waals surface area (Å²) in [4.78, 5) is 4.94. The monoisotopic (exact) mass is 1020 g/mol. The zero-order valence-electron chi connectivity index (χ0n) is 44.0. The van der Waals surface area contributed by atoms with E-state index in [0.717, 1.165) is 47.0 Å². The Kier molecular flexibility index (Phi) is 10.7. The van der Waals surface area contributed by atoms with Gasteiger partial charge in [-0.3, -0.25) is 0 Å². The summed E-state index contributed by atoms with van der Waals surface area (Å²) >= 11 is 0. The molecule has 0 heterocycles. The minimum Gasteiger partial charge on any atom is -0.310 e. The molecule has 0 aromatic heterocycles. The van der Waals surface area contributed by atoms with Gasteiger partial charge in [-0.25, -0.2) is 0 Å². The van der Waals surface area contributed by atoms with Gasteiger partial charge in [0.05, 0.1) is 0 Å². The van der Waals surface area contributed by atoms with Gasteiger partial charge in [0.2, 0.25) is 0 Å². The largest absolute Gasteiger partial charge is 0.310 e. The zero-order valence-corrected chi connectivity index (χ0v) is 44.0. The maximum atomic E-state index is 2.49. The van der Waals surface area contributed by atoms with E-state index in [0.29, 0.717) is 0 Å². The van der Waals surface area contributed by atoms with E-state index >= 15 is 0 Å². The topological polar surface area (TPSA) is 6.48 Å². The molecule has 0 radical (unpaired) electrons. The highest BCUT2D eigenvalue weighted by Crippen LogP contribution is 2.50. The summed E-state index contributed by atoms with van der Waals surface area (Å²) in [6.45, 7) is 0. The molecule has 1 aliphatic rings. The molecule has 0 spiro atoms. The van der Waals surface area contributed by atoms with Crippen molar-refractivity contribution in [1.82, 2.24) is 0 Å².